The molecule has 5 nitrogen and oxygen atoms in total. The third-order valence-electron chi connectivity index (χ3n) is 3.71. The normalized spacial score (nSPS) is 13.1. The summed E-state index contributed by atoms with van der Waals surface area (Å²) in [6.45, 7) is 2.64. The minimum absolute atomic E-state index is 0.0261. The molecule has 0 fully saturated rings. The Morgan fingerprint density at radius 3 is 2.91 bits per heavy atom. The van der Waals surface area contributed by atoms with E-state index in [1.54, 1.807) is 23.2 Å². The number of amides is 1. The number of rotatable bonds is 3. The number of benzene rings is 1. The monoisotopic (exact) mass is 316 g/mol. The average Bonchev–Trinajstić information content (AvgIpc) is 3.19. The van der Waals surface area contributed by atoms with E-state index in [1.165, 1.54) is 18.4 Å². The zero-order valence-corrected chi connectivity index (χ0v) is 13.3. The number of thiazole rings is 1. The van der Waals surface area contributed by atoms with E-state index in [2.05, 4.69) is 4.98 Å². The molecule has 0 N–H and O–H groups in total. The van der Waals surface area contributed by atoms with Crippen molar-refractivity contribution in [1.82, 2.24) is 4.98 Å². The number of esters is 1. The minimum atomic E-state index is -0.359. The van der Waals surface area contributed by atoms with E-state index in [4.69, 9.17) is 4.74 Å². The van der Waals surface area contributed by atoms with Gasteiger partial charge in [-0.3, -0.25) is 4.79 Å². The first-order valence-corrected chi connectivity index (χ1v) is 7.93. The molecular weight excluding hydrogens is 300 g/mol. The van der Waals surface area contributed by atoms with Gasteiger partial charge in [0.25, 0.3) is 5.91 Å². The molecular formula is C16H16N2O3S. The van der Waals surface area contributed by atoms with Gasteiger partial charge < -0.3 is 9.64 Å². The summed E-state index contributed by atoms with van der Waals surface area (Å²) >= 11 is 1.44. The molecule has 22 heavy (non-hydrogen) atoms. The van der Waals surface area contributed by atoms with Crippen LogP contribution in [0.2, 0.25) is 0 Å². The predicted molar refractivity (Wildman–Crippen MR) is 84.7 cm³/mol. The van der Waals surface area contributed by atoms with Crippen LogP contribution in [0.15, 0.2) is 24.4 Å². The molecule has 0 aliphatic carbocycles. The summed E-state index contributed by atoms with van der Waals surface area (Å²) in [5.74, 6) is -0.385. The second kappa shape index (κ2) is 5.88. The van der Waals surface area contributed by atoms with Crippen LogP contribution in [0.5, 0.6) is 0 Å². The number of fused-ring (bicyclic) bond motifs is 1. The Morgan fingerprint density at radius 2 is 2.23 bits per heavy atom. The summed E-state index contributed by atoms with van der Waals surface area (Å²) in [5.41, 5.74) is 2.38. The van der Waals surface area contributed by atoms with Crippen LogP contribution >= 0.6 is 11.3 Å². The van der Waals surface area contributed by atoms with E-state index in [0.29, 0.717) is 17.0 Å². The summed E-state index contributed by atoms with van der Waals surface area (Å²) < 4.78 is 4.73. The lowest BCUT2D eigenvalue weighted by Gasteiger charge is -2.16. The third kappa shape index (κ3) is 2.50. The molecule has 0 unspecified atom stereocenters. The zero-order valence-electron chi connectivity index (χ0n) is 12.5. The minimum Gasteiger partial charge on any atom is -0.465 e. The Bertz CT molecular complexity index is 739. The number of aromatic nitrogens is 1. The Morgan fingerprint density at radius 1 is 1.41 bits per heavy atom. The number of carbonyl (C=O) groups is 2. The molecule has 1 aromatic carbocycles. The van der Waals surface area contributed by atoms with Gasteiger partial charge in [-0.15, -0.1) is 11.3 Å². The molecule has 0 saturated heterocycles. The van der Waals surface area contributed by atoms with Crippen LogP contribution in [0.3, 0.4) is 0 Å². The Kier molecular flexibility index (Phi) is 3.94. The number of aryl methyl sites for hydroxylation is 1. The summed E-state index contributed by atoms with van der Waals surface area (Å²) in [6, 6.07) is 5.31. The number of hydrogen-bond donors (Lipinski definition) is 0. The van der Waals surface area contributed by atoms with Crippen molar-refractivity contribution in [3.8, 4) is 0 Å². The van der Waals surface area contributed by atoms with Gasteiger partial charge in [0.2, 0.25) is 0 Å². The molecule has 0 radical (unpaired) electrons. The number of anilines is 1. The molecule has 3 rings (SSSR count). The van der Waals surface area contributed by atoms with Crippen molar-refractivity contribution in [1.29, 1.82) is 0 Å². The zero-order chi connectivity index (χ0) is 15.7. The Hall–Kier alpha value is -2.21. The van der Waals surface area contributed by atoms with Crippen molar-refractivity contribution in [2.45, 2.75) is 19.8 Å². The smallest absolute Gasteiger partial charge is 0.337 e. The van der Waals surface area contributed by atoms with E-state index in [-0.39, 0.29) is 11.9 Å². The lowest BCUT2D eigenvalue weighted by Crippen LogP contribution is -2.28. The molecule has 6 heteroatoms. The van der Waals surface area contributed by atoms with Crippen LogP contribution in [-0.2, 0) is 17.6 Å². The lowest BCUT2D eigenvalue weighted by atomic mass is 10.1. The molecule has 2 heterocycles. The summed E-state index contributed by atoms with van der Waals surface area (Å²) in [4.78, 5) is 30.8. The number of hydrogen-bond acceptors (Lipinski definition) is 5. The fourth-order valence-electron chi connectivity index (χ4n) is 2.56. The van der Waals surface area contributed by atoms with Gasteiger partial charge in [-0.1, -0.05) is 6.92 Å². The maximum atomic E-state index is 12.6. The molecule has 0 atom stereocenters. The highest BCUT2D eigenvalue weighted by Gasteiger charge is 2.27. The third-order valence-corrected chi connectivity index (χ3v) is 4.84. The maximum absolute atomic E-state index is 12.6. The van der Waals surface area contributed by atoms with Crippen molar-refractivity contribution in [3.63, 3.8) is 0 Å². The van der Waals surface area contributed by atoms with Gasteiger partial charge >= 0.3 is 5.97 Å². The highest BCUT2D eigenvalue weighted by atomic mass is 32.1. The predicted octanol–water partition coefficient (Wildman–Crippen LogP) is 2.70. The van der Waals surface area contributed by atoms with Crippen LogP contribution in [0.25, 0.3) is 0 Å². The molecule has 114 valence electrons. The molecule has 1 aliphatic rings. The summed E-state index contributed by atoms with van der Waals surface area (Å²) in [7, 11) is 1.36. The first-order chi connectivity index (χ1) is 10.6. The van der Waals surface area contributed by atoms with E-state index in [0.717, 1.165) is 29.1 Å². The van der Waals surface area contributed by atoms with Crippen LogP contribution in [-0.4, -0.2) is 30.5 Å². The van der Waals surface area contributed by atoms with E-state index in [1.807, 2.05) is 13.0 Å². The van der Waals surface area contributed by atoms with Gasteiger partial charge in [-0.25, -0.2) is 9.78 Å². The van der Waals surface area contributed by atoms with Crippen LogP contribution in [0.1, 0.15) is 37.5 Å². The Labute approximate surface area is 132 Å². The van der Waals surface area contributed by atoms with Crippen molar-refractivity contribution < 1.29 is 14.3 Å². The fraction of sp³-hybridized carbons (Fsp3) is 0.312. The van der Waals surface area contributed by atoms with Gasteiger partial charge in [0.1, 0.15) is 4.88 Å². The first-order valence-electron chi connectivity index (χ1n) is 7.12. The van der Waals surface area contributed by atoms with E-state index < -0.39 is 0 Å². The van der Waals surface area contributed by atoms with E-state index >= 15 is 0 Å². The Balaban J connectivity index is 1.87. The highest BCUT2D eigenvalue weighted by Crippen LogP contribution is 2.31. The molecule has 1 amide bonds. The second-order valence-electron chi connectivity index (χ2n) is 5.01. The van der Waals surface area contributed by atoms with Gasteiger partial charge in [-0.2, -0.15) is 0 Å². The van der Waals surface area contributed by atoms with Gasteiger partial charge in [-0.05, 0) is 36.6 Å². The molecule has 0 bridgehead atoms. The second-order valence-corrected chi connectivity index (χ2v) is 6.13. The summed E-state index contributed by atoms with van der Waals surface area (Å²) in [5, 5.41) is 0.962. The standard InChI is InChI=1S/C16H16N2O3S/c1-3-14-17-9-13(22-14)15(19)18-7-6-10-8-11(16(20)21-2)4-5-12(10)18/h4-5,8-9H,3,6-7H2,1-2H3. The number of methoxy groups -OCH3 is 1. The van der Waals surface area contributed by atoms with Crippen LogP contribution in [0.4, 0.5) is 5.69 Å². The lowest BCUT2D eigenvalue weighted by molar-refractivity contribution is 0.0600. The molecule has 1 aliphatic heterocycles. The van der Waals surface area contributed by atoms with Crippen LogP contribution in [0, 0.1) is 0 Å². The fourth-order valence-corrected chi connectivity index (χ4v) is 3.37. The van der Waals surface area contributed by atoms with Crippen molar-refractivity contribution >= 4 is 28.9 Å². The molecule has 2 aromatic rings. The highest BCUT2D eigenvalue weighted by molar-refractivity contribution is 7.13. The molecule has 0 spiro atoms. The van der Waals surface area contributed by atoms with Crippen molar-refractivity contribution in [2.75, 3.05) is 18.6 Å². The number of carbonyl (C=O) groups excluding carboxylic acids is 2. The van der Waals surface area contributed by atoms with Gasteiger partial charge in [0.05, 0.1) is 23.9 Å². The quantitative estimate of drug-likeness (QED) is 0.817. The molecule has 0 saturated carbocycles. The van der Waals surface area contributed by atoms with Crippen molar-refractivity contribution in [3.05, 3.63) is 45.4 Å². The largest absolute Gasteiger partial charge is 0.465 e. The van der Waals surface area contributed by atoms with Gasteiger partial charge in [0, 0.05) is 12.2 Å². The number of ether oxygens (including phenoxy) is 1. The topological polar surface area (TPSA) is 59.5 Å². The first kappa shape index (κ1) is 14.7. The number of nitrogens with zero attached hydrogens (tertiary/aromatic N) is 2. The summed E-state index contributed by atoms with van der Waals surface area (Å²) in [6.07, 6.45) is 3.22. The maximum Gasteiger partial charge on any atom is 0.337 e. The SMILES string of the molecule is CCc1ncc(C(=O)N2CCc3cc(C(=O)OC)ccc32)s1. The van der Waals surface area contributed by atoms with Crippen LogP contribution < -0.4 is 4.90 Å². The van der Waals surface area contributed by atoms with E-state index in [9.17, 15) is 9.59 Å². The van der Waals surface area contributed by atoms with Gasteiger partial charge in [0.15, 0.2) is 0 Å². The average molecular weight is 316 g/mol. The molecule has 1 aromatic heterocycles. The van der Waals surface area contributed by atoms with Crippen molar-refractivity contribution in [2.24, 2.45) is 0 Å².